The maximum absolute atomic E-state index is 13.3. The van der Waals surface area contributed by atoms with E-state index in [9.17, 15) is 17.6 Å². The van der Waals surface area contributed by atoms with Gasteiger partial charge in [0, 0.05) is 11.6 Å². The van der Waals surface area contributed by atoms with Crippen molar-refractivity contribution in [2.75, 3.05) is 6.54 Å². The lowest BCUT2D eigenvalue weighted by atomic mass is 10.2. The number of carbonyl (C=O) groups is 1. The second-order valence-electron chi connectivity index (χ2n) is 7.06. The average Bonchev–Trinajstić information content (AvgIpc) is 2.76. The molecule has 1 N–H and O–H groups in total. The Morgan fingerprint density at radius 2 is 1.66 bits per heavy atom. The fourth-order valence-corrected chi connectivity index (χ4v) is 4.31. The number of rotatable bonds is 8. The van der Waals surface area contributed by atoms with Gasteiger partial charge < -0.3 is 0 Å². The minimum Gasteiger partial charge on any atom is -0.272 e. The molecule has 0 saturated heterocycles. The van der Waals surface area contributed by atoms with E-state index in [2.05, 4.69) is 10.5 Å². The second-order valence-corrected chi connectivity index (χ2v) is 9.43. The molecule has 6 nitrogen and oxygen atoms in total. The quantitative estimate of drug-likeness (QED) is 0.394. The predicted molar refractivity (Wildman–Crippen MR) is 122 cm³/mol. The van der Waals surface area contributed by atoms with E-state index in [1.807, 2.05) is 6.92 Å². The first-order chi connectivity index (χ1) is 15.2. The van der Waals surface area contributed by atoms with E-state index in [0.717, 1.165) is 9.87 Å². The Morgan fingerprint density at radius 1 is 1.03 bits per heavy atom. The Bertz CT molecular complexity index is 1200. The molecule has 9 heteroatoms. The van der Waals surface area contributed by atoms with Crippen LogP contribution in [0.5, 0.6) is 0 Å². The molecule has 3 aromatic rings. The zero-order valence-corrected chi connectivity index (χ0v) is 18.8. The Hall–Kier alpha value is -3.07. The lowest BCUT2D eigenvalue weighted by Crippen LogP contribution is -2.39. The normalized spacial score (nSPS) is 11.8. The molecule has 0 aliphatic rings. The molecule has 0 fully saturated rings. The number of aryl methyl sites for hydroxylation is 1. The van der Waals surface area contributed by atoms with E-state index in [1.54, 1.807) is 36.4 Å². The smallest absolute Gasteiger partial charge is 0.255 e. The van der Waals surface area contributed by atoms with Gasteiger partial charge in [-0.05, 0) is 54.4 Å². The molecule has 0 atom stereocenters. The van der Waals surface area contributed by atoms with E-state index >= 15 is 0 Å². The van der Waals surface area contributed by atoms with Gasteiger partial charge in [0.15, 0.2) is 0 Å². The average molecular weight is 474 g/mol. The summed E-state index contributed by atoms with van der Waals surface area (Å²) in [5.74, 6) is -1.05. The molecule has 32 heavy (non-hydrogen) atoms. The van der Waals surface area contributed by atoms with Gasteiger partial charge in [0.05, 0.1) is 17.7 Å². The number of hydrogen-bond donors (Lipinski definition) is 1. The fraction of sp³-hybridized carbons (Fsp3) is 0.130. The number of sulfonamides is 1. The van der Waals surface area contributed by atoms with Crippen LogP contribution in [-0.2, 0) is 21.4 Å². The third kappa shape index (κ3) is 6.46. The first-order valence-corrected chi connectivity index (χ1v) is 11.4. The van der Waals surface area contributed by atoms with Crippen molar-refractivity contribution < 1.29 is 17.6 Å². The molecule has 0 aromatic heterocycles. The molecule has 0 spiro atoms. The maximum Gasteiger partial charge on any atom is 0.255 e. The lowest BCUT2D eigenvalue weighted by molar-refractivity contribution is -0.121. The number of halogens is 2. The maximum atomic E-state index is 13.3. The summed E-state index contributed by atoms with van der Waals surface area (Å²) in [6, 6.07) is 18.6. The van der Waals surface area contributed by atoms with Gasteiger partial charge in [0.1, 0.15) is 5.82 Å². The molecule has 0 heterocycles. The molecule has 0 bridgehead atoms. The van der Waals surface area contributed by atoms with Crippen molar-refractivity contribution in [2.24, 2.45) is 5.10 Å². The summed E-state index contributed by atoms with van der Waals surface area (Å²) in [7, 11) is -3.99. The Balaban J connectivity index is 1.78. The lowest BCUT2D eigenvalue weighted by Gasteiger charge is -2.21. The van der Waals surface area contributed by atoms with E-state index < -0.39 is 28.3 Å². The summed E-state index contributed by atoms with van der Waals surface area (Å²) in [5.41, 5.74) is 4.50. The number of nitrogens with one attached hydrogen (secondary N) is 1. The van der Waals surface area contributed by atoms with Gasteiger partial charge in [0.2, 0.25) is 10.0 Å². The van der Waals surface area contributed by atoms with Crippen molar-refractivity contribution >= 4 is 33.7 Å². The number of carbonyl (C=O) groups excluding carboxylic acids is 1. The van der Waals surface area contributed by atoms with Crippen molar-refractivity contribution in [3.05, 3.63) is 100 Å². The van der Waals surface area contributed by atoms with Crippen LogP contribution in [0.2, 0.25) is 5.02 Å². The number of hydrogen-bond acceptors (Lipinski definition) is 4. The third-order valence-corrected chi connectivity index (χ3v) is 6.58. The van der Waals surface area contributed by atoms with Crippen LogP contribution in [-0.4, -0.2) is 31.4 Å². The van der Waals surface area contributed by atoms with Gasteiger partial charge in [-0.1, -0.05) is 53.6 Å². The van der Waals surface area contributed by atoms with Gasteiger partial charge in [-0.2, -0.15) is 9.41 Å². The second kappa shape index (κ2) is 10.5. The van der Waals surface area contributed by atoms with E-state index in [-0.39, 0.29) is 11.4 Å². The Kier molecular flexibility index (Phi) is 7.74. The number of hydrazone groups is 1. The Labute approximate surface area is 191 Å². The van der Waals surface area contributed by atoms with Gasteiger partial charge >= 0.3 is 0 Å². The predicted octanol–water partition coefficient (Wildman–Crippen LogP) is 4.13. The summed E-state index contributed by atoms with van der Waals surface area (Å²) in [6.07, 6.45) is 1.42. The van der Waals surface area contributed by atoms with E-state index in [1.165, 1.54) is 42.6 Å². The van der Waals surface area contributed by atoms with Crippen LogP contribution in [0.4, 0.5) is 4.39 Å². The van der Waals surface area contributed by atoms with Crippen LogP contribution in [0.15, 0.2) is 82.8 Å². The van der Waals surface area contributed by atoms with E-state index in [0.29, 0.717) is 16.1 Å². The standard InChI is InChI=1S/C23H21ClFN3O3S/c1-17-2-12-22(13-3-17)32(30,31)28(15-19-6-10-21(25)11-7-19)16-23(29)27-26-14-18-4-8-20(24)9-5-18/h2-14H,15-16H2,1H3,(H,27,29)/b26-14-. The SMILES string of the molecule is Cc1ccc(S(=O)(=O)N(CC(=O)N/N=C\c2ccc(Cl)cc2)Cc2ccc(F)cc2)cc1. The van der Waals surface area contributed by atoms with Gasteiger partial charge in [-0.25, -0.2) is 18.2 Å². The van der Waals surface area contributed by atoms with Crippen molar-refractivity contribution in [3.63, 3.8) is 0 Å². The van der Waals surface area contributed by atoms with Crippen LogP contribution in [0, 0.1) is 12.7 Å². The molecule has 1 amide bonds. The van der Waals surface area contributed by atoms with Crippen LogP contribution in [0.1, 0.15) is 16.7 Å². The number of benzene rings is 3. The zero-order chi connectivity index (χ0) is 23.1. The van der Waals surface area contributed by atoms with Crippen LogP contribution >= 0.6 is 11.6 Å². The zero-order valence-electron chi connectivity index (χ0n) is 17.2. The molecule has 0 radical (unpaired) electrons. The summed E-state index contributed by atoms with van der Waals surface area (Å²) in [4.78, 5) is 12.5. The highest BCUT2D eigenvalue weighted by molar-refractivity contribution is 7.89. The van der Waals surface area contributed by atoms with Crippen molar-refractivity contribution in [1.29, 1.82) is 0 Å². The Morgan fingerprint density at radius 3 is 2.28 bits per heavy atom. The van der Waals surface area contributed by atoms with E-state index in [4.69, 9.17) is 11.6 Å². The summed E-state index contributed by atoms with van der Waals surface area (Å²) in [5, 5.41) is 4.44. The molecule has 3 aromatic carbocycles. The molecule has 0 unspecified atom stereocenters. The molecular formula is C23H21ClFN3O3S. The van der Waals surface area contributed by atoms with Gasteiger partial charge in [-0.3, -0.25) is 4.79 Å². The first-order valence-electron chi connectivity index (χ1n) is 9.63. The highest BCUT2D eigenvalue weighted by atomic mass is 35.5. The fourth-order valence-electron chi connectivity index (χ4n) is 2.80. The largest absolute Gasteiger partial charge is 0.272 e. The number of amides is 1. The van der Waals surface area contributed by atoms with Crippen LogP contribution < -0.4 is 5.43 Å². The van der Waals surface area contributed by atoms with Gasteiger partial charge in [-0.15, -0.1) is 0 Å². The summed E-state index contributed by atoms with van der Waals surface area (Å²) < 4.78 is 40.7. The van der Waals surface area contributed by atoms with Crippen LogP contribution in [0.25, 0.3) is 0 Å². The summed E-state index contributed by atoms with van der Waals surface area (Å²) >= 11 is 5.83. The first kappa shape index (κ1) is 23.6. The minimum absolute atomic E-state index is 0.0580. The highest BCUT2D eigenvalue weighted by Gasteiger charge is 2.27. The van der Waals surface area contributed by atoms with Gasteiger partial charge in [0.25, 0.3) is 5.91 Å². The van der Waals surface area contributed by atoms with Crippen LogP contribution in [0.3, 0.4) is 0 Å². The molecule has 3 rings (SSSR count). The molecule has 0 saturated carbocycles. The topological polar surface area (TPSA) is 78.8 Å². The highest BCUT2D eigenvalue weighted by Crippen LogP contribution is 2.19. The number of nitrogens with zero attached hydrogens (tertiary/aromatic N) is 2. The molecule has 0 aliphatic heterocycles. The monoisotopic (exact) mass is 473 g/mol. The van der Waals surface area contributed by atoms with Crippen molar-refractivity contribution in [1.82, 2.24) is 9.73 Å². The molecule has 166 valence electrons. The van der Waals surface area contributed by atoms with Crippen molar-refractivity contribution in [2.45, 2.75) is 18.4 Å². The minimum atomic E-state index is -3.99. The molecule has 0 aliphatic carbocycles. The third-order valence-electron chi connectivity index (χ3n) is 4.52. The molecular weight excluding hydrogens is 453 g/mol. The van der Waals surface area contributed by atoms with Crippen molar-refractivity contribution in [3.8, 4) is 0 Å². The summed E-state index contributed by atoms with van der Waals surface area (Å²) in [6.45, 7) is 1.27.